The molecule has 3 saturated heterocycles. The number of aliphatic hydroxyl groups excluding tert-OH is 7. The van der Waals surface area contributed by atoms with E-state index in [1.165, 1.54) is 7.11 Å². The Labute approximate surface area is 282 Å². The smallest absolute Gasteiger partial charge is 0.309 e. The highest BCUT2D eigenvalue weighted by molar-refractivity contribution is 5.75. The Hall–Kier alpha value is -3.29. The van der Waals surface area contributed by atoms with E-state index in [-0.39, 0.29) is 30.0 Å². The van der Waals surface area contributed by atoms with E-state index in [4.69, 9.17) is 37.9 Å². The van der Waals surface area contributed by atoms with Gasteiger partial charge >= 0.3 is 5.97 Å². The molecule has 12 atom stereocenters. The number of rotatable bonds is 13. The van der Waals surface area contributed by atoms with E-state index in [0.29, 0.717) is 24.3 Å². The molecule has 3 aliphatic heterocycles. The molecule has 16 nitrogen and oxygen atoms in total. The van der Waals surface area contributed by atoms with Crippen molar-refractivity contribution < 1.29 is 78.4 Å². The van der Waals surface area contributed by atoms with Gasteiger partial charge in [-0.1, -0.05) is 12.1 Å². The molecule has 2 aromatic rings. The number of esters is 1. The van der Waals surface area contributed by atoms with Crippen molar-refractivity contribution in [3.05, 3.63) is 47.5 Å². The number of cyclic esters (lactones) is 1. The van der Waals surface area contributed by atoms with Crippen LogP contribution in [0.4, 0.5) is 0 Å². The molecule has 5 rings (SSSR count). The van der Waals surface area contributed by atoms with Crippen molar-refractivity contribution in [3.8, 4) is 23.0 Å². The van der Waals surface area contributed by atoms with Crippen molar-refractivity contribution in [2.75, 3.05) is 41.2 Å². The molecular formula is C33H44O16. The van der Waals surface area contributed by atoms with E-state index >= 15 is 0 Å². The van der Waals surface area contributed by atoms with Crippen LogP contribution in [0, 0.1) is 11.8 Å². The molecule has 0 saturated carbocycles. The third-order valence-electron chi connectivity index (χ3n) is 9.13. The first kappa shape index (κ1) is 37.0. The van der Waals surface area contributed by atoms with Gasteiger partial charge in [-0.05, 0) is 48.2 Å². The highest BCUT2D eigenvalue weighted by atomic mass is 16.7. The summed E-state index contributed by atoms with van der Waals surface area (Å²) in [6.07, 6.45) is -14.7. The molecule has 49 heavy (non-hydrogen) atoms. The number of benzene rings is 2. The molecular weight excluding hydrogens is 652 g/mol. The largest absolute Gasteiger partial charge is 0.493 e. The first-order chi connectivity index (χ1) is 23.5. The minimum atomic E-state index is -1.73. The lowest BCUT2D eigenvalue weighted by atomic mass is 9.85. The Morgan fingerprint density at radius 2 is 1.22 bits per heavy atom. The van der Waals surface area contributed by atoms with Gasteiger partial charge in [0.25, 0.3) is 0 Å². The quantitative estimate of drug-likeness (QED) is 0.116. The minimum absolute atomic E-state index is 0.103. The van der Waals surface area contributed by atoms with Gasteiger partial charge in [-0.2, -0.15) is 0 Å². The molecule has 3 heterocycles. The maximum atomic E-state index is 12.8. The number of ether oxygens (including phenoxy) is 8. The molecule has 0 bridgehead atoms. The van der Waals surface area contributed by atoms with E-state index in [1.807, 2.05) is 18.2 Å². The third kappa shape index (κ3) is 8.04. The van der Waals surface area contributed by atoms with Gasteiger partial charge in [-0.15, -0.1) is 0 Å². The van der Waals surface area contributed by atoms with Gasteiger partial charge in [0.1, 0.15) is 48.8 Å². The molecule has 3 fully saturated rings. The lowest BCUT2D eigenvalue weighted by molar-refractivity contribution is -0.323. The zero-order valence-electron chi connectivity index (χ0n) is 27.2. The van der Waals surface area contributed by atoms with Gasteiger partial charge in [0, 0.05) is 5.92 Å². The predicted octanol–water partition coefficient (Wildman–Crippen LogP) is -1.71. The van der Waals surface area contributed by atoms with Crippen molar-refractivity contribution in [2.45, 2.75) is 74.3 Å². The van der Waals surface area contributed by atoms with E-state index in [1.54, 1.807) is 32.4 Å². The van der Waals surface area contributed by atoms with Gasteiger partial charge in [0.05, 0.1) is 47.1 Å². The standard InChI is InChI=1S/C33H44O16/c1-42-19-6-4-15(10-21(19)43-2)8-17-13-45-31(41)18(17)9-16-5-7-20(22(11-16)44-3)47-33-30(40)28(38)26(36)24(49-33)14-46-32-29(39)27(37)25(35)23(12-34)48-32/h4-7,10-11,17-18,23-30,32-40H,8-9,12-14H2,1-3H3/t17-,18+,23+,24+,25-,26+,27-,28-,29+,30+,32-,33+/m0/s1. The first-order valence-electron chi connectivity index (χ1n) is 15.8. The van der Waals surface area contributed by atoms with Crippen LogP contribution in [0.15, 0.2) is 36.4 Å². The summed E-state index contributed by atoms with van der Waals surface area (Å²) in [6.45, 7) is -0.909. The normalized spacial score (nSPS) is 34.7. The van der Waals surface area contributed by atoms with Crippen LogP contribution in [0.25, 0.3) is 0 Å². The predicted molar refractivity (Wildman–Crippen MR) is 165 cm³/mol. The number of methoxy groups -OCH3 is 3. The second-order valence-electron chi connectivity index (χ2n) is 12.2. The average molecular weight is 697 g/mol. The van der Waals surface area contributed by atoms with Crippen LogP contribution in [0.5, 0.6) is 23.0 Å². The molecule has 0 aliphatic carbocycles. The summed E-state index contributed by atoms with van der Waals surface area (Å²) < 4.78 is 44.1. The van der Waals surface area contributed by atoms with Crippen molar-refractivity contribution in [1.82, 2.24) is 0 Å². The fourth-order valence-corrected chi connectivity index (χ4v) is 6.23. The lowest BCUT2D eigenvalue weighted by Gasteiger charge is -2.42. The molecule has 0 aromatic heterocycles. The summed E-state index contributed by atoms with van der Waals surface area (Å²) >= 11 is 0. The summed E-state index contributed by atoms with van der Waals surface area (Å²) in [6, 6.07) is 10.6. The third-order valence-corrected chi connectivity index (χ3v) is 9.13. The van der Waals surface area contributed by atoms with Crippen LogP contribution in [-0.2, 0) is 36.6 Å². The van der Waals surface area contributed by atoms with E-state index in [2.05, 4.69) is 0 Å². The summed E-state index contributed by atoms with van der Waals surface area (Å²) in [5.41, 5.74) is 1.71. The minimum Gasteiger partial charge on any atom is -0.493 e. The monoisotopic (exact) mass is 696 g/mol. The summed E-state index contributed by atoms with van der Waals surface area (Å²) in [4.78, 5) is 12.8. The zero-order valence-corrected chi connectivity index (χ0v) is 27.2. The fraction of sp³-hybridized carbons (Fsp3) is 0.606. The van der Waals surface area contributed by atoms with Gasteiger partial charge in [0.2, 0.25) is 6.29 Å². The number of hydrogen-bond acceptors (Lipinski definition) is 16. The number of carbonyl (C=O) groups excluding carboxylic acids is 1. The Morgan fingerprint density at radius 3 is 1.86 bits per heavy atom. The highest BCUT2D eigenvalue weighted by Crippen LogP contribution is 2.36. The molecule has 0 spiro atoms. The Bertz CT molecular complexity index is 1400. The Morgan fingerprint density at radius 1 is 0.673 bits per heavy atom. The number of carbonyl (C=O) groups is 1. The maximum absolute atomic E-state index is 12.8. The molecule has 0 unspecified atom stereocenters. The lowest BCUT2D eigenvalue weighted by Crippen LogP contribution is -2.62. The Balaban J connectivity index is 1.24. The van der Waals surface area contributed by atoms with Gasteiger partial charge in [-0.25, -0.2) is 0 Å². The second kappa shape index (κ2) is 16.2. The van der Waals surface area contributed by atoms with Crippen LogP contribution in [0.3, 0.4) is 0 Å². The van der Waals surface area contributed by atoms with Gasteiger partial charge in [-0.3, -0.25) is 4.79 Å². The van der Waals surface area contributed by atoms with Crippen molar-refractivity contribution in [3.63, 3.8) is 0 Å². The molecule has 0 radical (unpaired) electrons. The van der Waals surface area contributed by atoms with Gasteiger partial charge in [0.15, 0.2) is 29.3 Å². The van der Waals surface area contributed by atoms with Crippen LogP contribution < -0.4 is 18.9 Å². The molecule has 272 valence electrons. The fourth-order valence-electron chi connectivity index (χ4n) is 6.23. The summed E-state index contributed by atoms with van der Waals surface area (Å²) in [5, 5.41) is 71.4. The maximum Gasteiger partial charge on any atom is 0.309 e. The topological polar surface area (TPSA) is 233 Å². The van der Waals surface area contributed by atoms with Crippen LogP contribution in [0.1, 0.15) is 11.1 Å². The molecule has 16 heteroatoms. The van der Waals surface area contributed by atoms with Gasteiger partial charge < -0.3 is 73.6 Å². The molecule has 3 aliphatic rings. The Kier molecular flexibility index (Phi) is 12.2. The average Bonchev–Trinajstić information content (AvgIpc) is 3.45. The van der Waals surface area contributed by atoms with Crippen LogP contribution in [-0.4, -0.2) is 144 Å². The number of aliphatic hydroxyl groups is 7. The van der Waals surface area contributed by atoms with Crippen LogP contribution >= 0.6 is 0 Å². The van der Waals surface area contributed by atoms with E-state index < -0.39 is 80.5 Å². The molecule has 2 aromatic carbocycles. The molecule has 7 N–H and O–H groups in total. The SMILES string of the molecule is COc1ccc(C[C@H]2COC(=O)[C@@H]2Cc2ccc(O[C@@H]3O[C@H](CO[C@H]4O[C@H](CO)[C@H](O)[C@H](O)[C@H]4O)[C@@H](O)[C@H](O)[C@H]3O)c(OC)c2)cc1OC. The summed E-state index contributed by atoms with van der Waals surface area (Å²) in [7, 11) is 4.52. The van der Waals surface area contributed by atoms with Crippen molar-refractivity contribution >= 4 is 5.97 Å². The number of hydrogen-bond donors (Lipinski definition) is 7. The van der Waals surface area contributed by atoms with Crippen molar-refractivity contribution in [1.29, 1.82) is 0 Å². The van der Waals surface area contributed by atoms with E-state index in [9.17, 15) is 40.5 Å². The zero-order chi connectivity index (χ0) is 35.4. The molecule has 0 amide bonds. The first-order valence-corrected chi connectivity index (χ1v) is 15.8. The second-order valence-corrected chi connectivity index (χ2v) is 12.2. The summed E-state index contributed by atoms with van der Waals surface area (Å²) in [5.74, 6) is 0.707. The van der Waals surface area contributed by atoms with Crippen molar-refractivity contribution in [2.24, 2.45) is 11.8 Å². The highest BCUT2D eigenvalue weighted by Gasteiger charge is 2.48. The van der Waals surface area contributed by atoms with Crippen LogP contribution in [0.2, 0.25) is 0 Å². The van der Waals surface area contributed by atoms with E-state index in [0.717, 1.165) is 11.1 Å².